The highest BCUT2D eigenvalue weighted by Crippen LogP contribution is 2.21. The molecule has 72 valence electrons. The normalized spacial score (nSPS) is 10.5. The molecule has 0 radical (unpaired) electrons. The lowest BCUT2D eigenvalue weighted by Gasteiger charge is -1.97. The van der Waals surface area contributed by atoms with Crippen molar-refractivity contribution in [1.82, 2.24) is 14.8 Å². The summed E-state index contributed by atoms with van der Waals surface area (Å²) >= 11 is 3.09. The summed E-state index contributed by atoms with van der Waals surface area (Å²) in [6.45, 7) is 0. The van der Waals surface area contributed by atoms with Gasteiger partial charge >= 0.3 is 0 Å². The number of rotatable bonds is 1. The van der Waals surface area contributed by atoms with E-state index in [1.807, 2.05) is 0 Å². The van der Waals surface area contributed by atoms with Crippen LogP contribution in [0.5, 0.6) is 0 Å². The number of halogens is 2. The lowest BCUT2D eigenvalue weighted by molar-refractivity contribution is 0.621. The van der Waals surface area contributed by atoms with Crippen LogP contribution in [0, 0.1) is 5.82 Å². The second-order valence-corrected chi connectivity index (χ2v) is 3.73. The fourth-order valence-corrected chi connectivity index (χ4v) is 1.35. The largest absolute Gasteiger partial charge is 0.255 e. The van der Waals surface area contributed by atoms with E-state index in [9.17, 15) is 4.39 Å². The first-order chi connectivity index (χ1) is 6.66. The van der Waals surface area contributed by atoms with E-state index in [4.69, 9.17) is 0 Å². The second kappa shape index (κ2) is 3.49. The van der Waals surface area contributed by atoms with Gasteiger partial charge in [0.15, 0.2) is 5.82 Å². The average Bonchev–Trinajstić information content (AvgIpc) is 2.57. The smallest absolute Gasteiger partial charge is 0.181 e. The molecular weight excluding hydrogens is 249 g/mol. The Labute approximate surface area is 88.7 Å². The van der Waals surface area contributed by atoms with Gasteiger partial charge < -0.3 is 0 Å². The highest BCUT2D eigenvalue weighted by atomic mass is 79.9. The summed E-state index contributed by atoms with van der Waals surface area (Å²) in [5.74, 6) is 0.217. The standard InChI is InChI=1S/C9H7BrFN3/c1-14-5-12-9(13-14)6-2-3-7(10)8(11)4-6/h2-5H,1H3. The van der Waals surface area contributed by atoms with Crippen molar-refractivity contribution >= 4 is 15.9 Å². The lowest BCUT2D eigenvalue weighted by Crippen LogP contribution is -1.88. The molecule has 0 bridgehead atoms. The molecule has 0 aliphatic heterocycles. The molecular formula is C9H7BrFN3. The molecule has 0 fully saturated rings. The van der Waals surface area contributed by atoms with Crippen molar-refractivity contribution in [3.63, 3.8) is 0 Å². The minimum Gasteiger partial charge on any atom is -0.255 e. The maximum absolute atomic E-state index is 13.2. The molecule has 1 aromatic heterocycles. The predicted octanol–water partition coefficient (Wildman–Crippen LogP) is 2.38. The Kier molecular flexibility index (Phi) is 2.33. The van der Waals surface area contributed by atoms with Crippen LogP contribution in [0.1, 0.15) is 0 Å². The van der Waals surface area contributed by atoms with Crippen LogP contribution < -0.4 is 0 Å². The zero-order chi connectivity index (χ0) is 10.1. The van der Waals surface area contributed by atoms with Crippen LogP contribution in [0.3, 0.4) is 0 Å². The predicted molar refractivity (Wildman–Crippen MR) is 54.1 cm³/mol. The number of benzene rings is 1. The van der Waals surface area contributed by atoms with E-state index in [0.717, 1.165) is 0 Å². The minimum absolute atomic E-state index is 0.310. The van der Waals surface area contributed by atoms with Gasteiger partial charge in [-0.05, 0) is 34.1 Å². The first-order valence-corrected chi connectivity index (χ1v) is 4.77. The van der Waals surface area contributed by atoms with Crippen LogP contribution in [0.15, 0.2) is 29.0 Å². The van der Waals surface area contributed by atoms with Gasteiger partial charge in [0.05, 0.1) is 4.47 Å². The Morgan fingerprint density at radius 2 is 2.21 bits per heavy atom. The fraction of sp³-hybridized carbons (Fsp3) is 0.111. The zero-order valence-electron chi connectivity index (χ0n) is 7.41. The molecule has 2 rings (SSSR count). The van der Waals surface area contributed by atoms with E-state index in [2.05, 4.69) is 26.0 Å². The molecule has 0 amide bonds. The molecule has 5 heteroatoms. The first kappa shape index (κ1) is 9.33. The Balaban J connectivity index is 2.47. The Morgan fingerprint density at radius 3 is 2.79 bits per heavy atom. The third-order valence-electron chi connectivity index (χ3n) is 1.78. The number of hydrogen-bond acceptors (Lipinski definition) is 2. The van der Waals surface area contributed by atoms with Crippen LogP contribution in [-0.4, -0.2) is 14.8 Å². The SMILES string of the molecule is Cn1cnc(-c2ccc(Br)c(F)c2)n1. The molecule has 0 atom stereocenters. The maximum atomic E-state index is 13.2. The van der Waals surface area contributed by atoms with Crippen LogP contribution in [0.4, 0.5) is 4.39 Å². The summed E-state index contributed by atoms with van der Waals surface area (Å²) in [4.78, 5) is 4.03. The minimum atomic E-state index is -0.310. The monoisotopic (exact) mass is 255 g/mol. The van der Waals surface area contributed by atoms with Crippen LogP contribution in [0.2, 0.25) is 0 Å². The quantitative estimate of drug-likeness (QED) is 0.784. The van der Waals surface area contributed by atoms with Gasteiger partial charge in [-0.15, -0.1) is 0 Å². The van der Waals surface area contributed by atoms with Crippen LogP contribution >= 0.6 is 15.9 Å². The molecule has 1 aromatic carbocycles. The van der Waals surface area contributed by atoms with Gasteiger partial charge in [0, 0.05) is 12.6 Å². The average molecular weight is 256 g/mol. The molecule has 0 aliphatic rings. The van der Waals surface area contributed by atoms with E-state index in [-0.39, 0.29) is 5.82 Å². The first-order valence-electron chi connectivity index (χ1n) is 3.98. The second-order valence-electron chi connectivity index (χ2n) is 2.87. The van der Waals surface area contributed by atoms with Gasteiger partial charge in [-0.1, -0.05) is 0 Å². The van der Waals surface area contributed by atoms with Gasteiger partial charge in [-0.25, -0.2) is 9.37 Å². The Morgan fingerprint density at radius 1 is 1.43 bits per heavy atom. The molecule has 0 saturated heterocycles. The highest BCUT2D eigenvalue weighted by molar-refractivity contribution is 9.10. The third kappa shape index (κ3) is 1.68. The third-order valence-corrected chi connectivity index (χ3v) is 2.42. The number of nitrogens with zero attached hydrogens (tertiary/aromatic N) is 3. The van der Waals surface area contributed by atoms with E-state index in [0.29, 0.717) is 15.9 Å². The molecule has 0 aliphatic carbocycles. The van der Waals surface area contributed by atoms with Crippen molar-refractivity contribution in [2.75, 3.05) is 0 Å². The van der Waals surface area contributed by atoms with E-state index in [1.165, 1.54) is 6.07 Å². The van der Waals surface area contributed by atoms with Crippen molar-refractivity contribution in [3.8, 4) is 11.4 Å². The molecule has 0 unspecified atom stereocenters. The summed E-state index contributed by atoms with van der Waals surface area (Å²) < 4.78 is 15.2. The number of aromatic nitrogens is 3. The van der Waals surface area contributed by atoms with Gasteiger partial charge in [-0.2, -0.15) is 5.10 Å². The molecule has 0 saturated carbocycles. The van der Waals surface area contributed by atoms with Crippen LogP contribution in [-0.2, 0) is 7.05 Å². The van der Waals surface area contributed by atoms with Crippen molar-refractivity contribution in [2.45, 2.75) is 0 Å². The van der Waals surface area contributed by atoms with Gasteiger partial charge in [0.1, 0.15) is 12.1 Å². The maximum Gasteiger partial charge on any atom is 0.181 e. The molecule has 2 aromatic rings. The van der Waals surface area contributed by atoms with Gasteiger partial charge in [-0.3, -0.25) is 4.68 Å². The molecule has 3 nitrogen and oxygen atoms in total. The fourth-order valence-electron chi connectivity index (χ4n) is 1.11. The summed E-state index contributed by atoms with van der Waals surface area (Å²) in [7, 11) is 1.77. The summed E-state index contributed by atoms with van der Waals surface area (Å²) in [5, 5.41) is 4.08. The molecule has 14 heavy (non-hydrogen) atoms. The van der Waals surface area contributed by atoms with E-state index < -0.39 is 0 Å². The summed E-state index contributed by atoms with van der Waals surface area (Å²) in [5.41, 5.74) is 0.673. The van der Waals surface area contributed by atoms with Gasteiger partial charge in [0.25, 0.3) is 0 Å². The summed E-state index contributed by atoms with van der Waals surface area (Å²) in [6.07, 6.45) is 1.58. The molecule has 0 spiro atoms. The van der Waals surface area contributed by atoms with E-state index >= 15 is 0 Å². The zero-order valence-corrected chi connectivity index (χ0v) is 8.99. The van der Waals surface area contributed by atoms with Crippen molar-refractivity contribution in [1.29, 1.82) is 0 Å². The van der Waals surface area contributed by atoms with Crippen molar-refractivity contribution in [3.05, 3.63) is 34.8 Å². The number of aryl methyl sites for hydroxylation is 1. The Hall–Kier alpha value is -1.23. The number of hydrogen-bond donors (Lipinski definition) is 0. The highest BCUT2D eigenvalue weighted by Gasteiger charge is 2.05. The van der Waals surface area contributed by atoms with Gasteiger partial charge in [0.2, 0.25) is 0 Å². The lowest BCUT2D eigenvalue weighted by atomic mass is 10.2. The molecule has 1 heterocycles. The van der Waals surface area contributed by atoms with E-state index in [1.54, 1.807) is 30.2 Å². The van der Waals surface area contributed by atoms with Crippen molar-refractivity contribution < 1.29 is 4.39 Å². The molecule has 0 N–H and O–H groups in total. The Bertz CT molecular complexity index is 467. The topological polar surface area (TPSA) is 30.7 Å². The summed E-state index contributed by atoms with van der Waals surface area (Å²) in [6, 6.07) is 4.81. The van der Waals surface area contributed by atoms with Crippen molar-refractivity contribution in [2.24, 2.45) is 7.05 Å². The van der Waals surface area contributed by atoms with Crippen LogP contribution in [0.25, 0.3) is 11.4 Å².